The summed E-state index contributed by atoms with van der Waals surface area (Å²) in [6, 6.07) is 13.6. The number of fused-ring (bicyclic) bond motifs is 1. The highest BCUT2D eigenvalue weighted by molar-refractivity contribution is 8.00. The number of rotatable bonds is 6. The van der Waals surface area contributed by atoms with Gasteiger partial charge in [-0.2, -0.15) is 5.26 Å². The lowest BCUT2D eigenvalue weighted by molar-refractivity contribution is -0.113. The van der Waals surface area contributed by atoms with Crippen LogP contribution in [0.1, 0.15) is 34.9 Å². The van der Waals surface area contributed by atoms with Crippen LogP contribution in [0, 0.1) is 17.2 Å². The number of anilines is 1. The lowest BCUT2D eigenvalue weighted by atomic mass is 9.89. The molecule has 2 aromatic heterocycles. The molecule has 0 bridgehead atoms. The number of thioether (sulfide) groups is 1. The van der Waals surface area contributed by atoms with Gasteiger partial charge in [0.2, 0.25) is 5.91 Å². The van der Waals surface area contributed by atoms with Gasteiger partial charge in [0.05, 0.1) is 17.0 Å². The Labute approximate surface area is 200 Å². The molecule has 1 aliphatic rings. The Morgan fingerprint density at radius 2 is 2.25 bits per heavy atom. The van der Waals surface area contributed by atoms with E-state index in [1.54, 1.807) is 29.8 Å². The second-order valence-corrected chi connectivity index (χ2v) is 10.1. The van der Waals surface area contributed by atoms with Crippen LogP contribution in [0.15, 0.2) is 52.5 Å². The molecular formula is C24H21ClN4OS2. The molecule has 0 fully saturated rings. The summed E-state index contributed by atoms with van der Waals surface area (Å²) in [5, 5.41) is 13.7. The number of nitrogens with zero attached hydrogens (tertiary/aromatic N) is 3. The summed E-state index contributed by atoms with van der Waals surface area (Å²) in [6.45, 7) is 2.23. The van der Waals surface area contributed by atoms with Crippen molar-refractivity contribution in [3.63, 3.8) is 0 Å². The second kappa shape index (κ2) is 10.3. The minimum absolute atomic E-state index is 0.132. The number of thiophene rings is 1. The molecule has 3 aromatic rings. The standard InChI is InChI=1S/C24H21ClN4OS2/c1-15-8-9-17-18(12-26)24(32-21(17)11-15)29-22(30)14-31-20-7-3-2-6-19(20)28-13-16-5-4-10-27-23(16)25/h2-7,10,13,15H,8-9,11,14H2,1H3,(H,29,30). The van der Waals surface area contributed by atoms with Crippen molar-refractivity contribution in [2.24, 2.45) is 10.9 Å². The molecule has 162 valence electrons. The predicted octanol–water partition coefficient (Wildman–Crippen LogP) is 6.27. The highest BCUT2D eigenvalue weighted by Crippen LogP contribution is 2.39. The van der Waals surface area contributed by atoms with Gasteiger partial charge in [-0.1, -0.05) is 30.7 Å². The monoisotopic (exact) mass is 480 g/mol. The predicted molar refractivity (Wildman–Crippen MR) is 133 cm³/mol. The van der Waals surface area contributed by atoms with Crippen LogP contribution in [0.5, 0.6) is 0 Å². The Morgan fingerprint density at radius 1 is 1.41 bits per heavy atom. The topological polar surface area (TPSA) is 78.1 Å². The van der Waals surface area contributed by atoms with Crippen molar-refractivity contribution in [2.45, 2.75) is 31.1 Å². The number of benzene rings is 1. The molecule has 1 amide bonds. The first-order chi connectivity index (χ1) is 15.5. The molecule has 5 nitrogen and oxygen atoms in total. The van der Waals surface area contributed by atoms with E-state index >= 15 is 0 Å². The zero-order chi connectivity index (χ0) is 22.5. The van der Waals surface area contributed by atoms with Crippen molar-refractivity contribution in [3.8, 4) is 6.07 Å². The highest BCUT2D eigenvalue weighted by Gasteiger charge is 2.24. The first-order valence-electron chi connectivity index (χ1n) is 10.3. The number of hydrogen-bond donors (Lipinski definition) is 1. The quantitative estimate of drug-likeness (QED) is 0.256. The van der Waals surface area contributed by atoms with Crippen LogP contribution >= 0.6 is 34.7 Å². The third-order valence-corrected chi connectivity index (χ3v) is 7.78. The molecule has 2 heterocycles. The van der Waals surface area contributed by atoms with Gasteiger partial charge in [0.25, 0.3) is 0 Å². The van der Waals surface area contributed by atoms with Crippen LogP contribution in [0.25, 0.3) is 0 Å². The third kappa shape index (κ3) is 5.21. The van der Waals surface area contributed by atoms with Crippen molar-refractivity contribution in [3.05, 3.63) is 69.3 Å². The van der Waals surface area contributed by atoms with E-state index in [4.69, 9.17) is 11.6 Å². The molecule has 0 saturated carbocycles. The van der Waals surface area contributed by atoms with E-state index < -0.39 is 0 Å². The number of halogens is 1. The first-order valence-corrected chi connectivity index (χ1v) is 12.4. The van der Waals surface area contributed by atoms with E-state index in [0.717, 1.165) is 41.0 Å². The van der Waals surface area contributed by atoms with Gasteiger partial charge < -0.3 is 5.32 Å². The van der Waals surface area contributed by atoms with Gasteiger partial charge in [-0.3, -0.25) is 9.79 Å². The smallest absolute Gasteiger partial charge is 0.235 e. The number of aromatic nitrogens is 1. The van der Waals surface area contributed by atoms with Crippen molar-refractivity contribution >= 4 is 57.5 Å². The number of hydrogen-bond acceptors (Lipinski definition) is 6. The summed E-state index contributed by atoms with van der Waals surface area (Å²) in [5.74, 6) is 0.710. The molecule has 0 aliphatic heterocycles. The van der Waals surface area contributed by atoms with Gasteiger partial charge >= 0.3 is 0 Å². The minimum atomic E-state index is -0.132. The van der Waals surface area contributed by atoms with E-state index in [1.807, 2.05) is 30.3 Å². The summed E-state index contributed by atoms with van der Waals surface area (Å²) >= 11 is 9.05. The average molecular weight is 481 g/mol. The summed E-state index contributed by atoms with van der Waals surface area (Å²) in [6.07, 6.45) is 6.28. The van der Waals surface area contributed by atoms with Crippen molar-refractivity contribution in [1.29, 1.82) is 5.26 Å². The molecule has 1 aliphatic carbocycles. The maximum Gasteiger partial charge on any atom is 0.235 e. The zero-order valence-corrected chi connectivity index (χ0v) is 19.9. The van der Waals surface area contributed by atoms with E-state index in [9.17, 15) is 10.1 Å². The number of carbonyl (C=O) groups excluding carboxylic acids is 1. The maximum absolute atomic E-state index is 12.7. The number of amides is 1. The molecule has 1 unspecified atom stereocenters. The lowest BCUT2D eigenvalue weighted by Crippen LogP contribution is -2.14. The van der Waals surface area contributed by atoms with Crippen LogP contribution in [0.2, 0.25) is 5.15 Å². The Balaban J connectivity index is 1.43. The van der Waals surface area contributed by atoms with Gasteiger partial charge in [0, 0.05) is 27.7 Å². The lowest BCUT2D eigenvalue weighted by Gasteiger charge is -2.17. The van der Waals surface area contributed by atoms with Gasteiger partial charge in [-0.25, -0.2) is 4.98 Å². The van der Waals surface area contributed by atoms with Crippen molar-refractivity contribution in [1.82, 2.24) is 4.98 Å². The molecule has 1 atom stereocenters. The van der Waals surface area contributed by atoms with Gasteiger partial charge in [-0.05, 0) is 55.0 Å². The number of aliphatic imine (C=N–C) groups is 1. The number of para-hydroxylation sites is 1. The van der Waals surface area contributed by atoms with Crippen LogP contribution in [0.3, 0.4) is 0 Å². The van der Waals surface area contributed by atoms with E-state index in [2.05, 4.69) is 28.3 Å². The zero-order valence-electron chi connectivity index (χ0n) is 17.5. The van der Waals surface area contributed by atoms with E-state index in [1.165, 1.54) is 16.6 Å². The highest BCUT2D eigenvalue weighted by atomic mass is 35.5. The molecule has 8 heteroatoms. The summed E-state index contributed by atoms with van der Waals surface area (Å²) in [4.78, 5) is 23.4. The van der Waals surface area contributed by atoms with Crippen LogP contribution in [0.4, 0.5) is 10.7 Å². The normalized spacial score (nSPS) is 15.3. The number of pyridine rings is 1. The number of carbonyl (C=O) groups is 1. The molecule has 32 heavy (non-hydrogen) atoms. The summed E-state index contributed by atoms with van der Waals surface area (Å²) in [5.41, 5.74) is 3.23. The number of nitriles is 1. The first kappa shape index (κ1) is 22.5. The van der Waals surface area contributed by atoms with E-state index in [0.29, 0.717) is 21.6 Å². The Kier molecular flexibility index (Phi) is 7.26. The summed E-state index contributed by atoms with van der Waals surface area (Å²) < 4.78 is 0. The molecular weight excluding hydrogens is 460 g/mol. The van der Waals surface area contributed by atoms with Gasteiger partial charge in [-0.15, -0.1) is 23.1 Å². The fourth-order valence-corrected chi connectivity index (χ4v) is 5.93. The molecule has 1 aromatic carbocycles. The fourth-order valence-electron chi connectivity index (χ4n) is 3.58. The van der Waals surface area contributed by atoms with Crippen LogP contribution in [-0.4, -0.2) is 22.9 Å². The largest absolute Gasteiger partial charge is 0.316 e. The molecule has 0 saturated heterocycles. The molecule has 0 radical (unpaired) electrons. The Hall–Kier alpha value is -2.66. The fraction of sp³-hybridized carbons (Fsp3) is 0.250. The van der Waals surface area contributed by atoms with Gasteiger partial charge in [0.15, 0.2) is 0 Å². The van der Waals surface area contributed by atoms with Crippen LogP contribution in [-0.2, 0) is 17.6 Å². The summed E-state index contributed by atoms with van der Waals surface area (Å²) in [7, 11) is 0. The van der Waals surface area contributed by atoms with Crippen molar-refractivity contribution < 1.29 is 4.79 Å². The maximum atomic E-state index is 12.7. The Bertz CT molecular complexity index is 1210. The second-order valence-electron chi connectivity index (χ2n) is 7.61. The molecule has 0 spiro atoms. The Morgan fingerprint density at radius 3 is 3.06 bits per heavy atom. The van der Waals surface area contributed by atoms with Crippen LogP contribution < -0.4 is 5.32 Å². The van der Waals surface area contributed by atoms with E-state index in [-0.39, 0.29) is 11.7 Å². The SMILES string of the molecule is CC1CCc2c(sc(NC(=O)CSc3ccccc3N=Cc3cccnc3Cl)c2C#N)C1. The average Bonchev–Trinajstić information content (AvgIpc) is 3.13. The van der Waals surface area contributed by atoms with Gasteiger partial charge in [0.1, 0.15) is 16.2 Å². The molecule has 4 rings (SSSR count). The molecule has 1 N–H and O–H groups in total. The van der Waals surface area contributed by atoms with Crippen molar-refractivity contribution in [2.75, 3.05) is 11.1 Å². The third-order valence-electron chi connectivity index (χ3n) is 5.23. The minimum Gasteiger partial charge on any atom is -0.316 e. The number of nitrogens with one attached hydrogen (secondary N) is 1.